The summed E-state index contributed by atoms with van der Waals surface area (Å²) in [5.41, 5.74) is 1.86. The number of benzene rings is 1. The van der Waals surface area contributed by atoms with Gasteiger partial charge in [-0.25, -0.2) is 4.98 Å². The molecule has 0 fully saturated rings. The highest BCUT2D eigenvalue weighted by atomic mass is 16.5. The van der Waals surface area contributed by atoms with Gasteiger partial charge in [-0.2, -0.15) is 0 Å². The zero-order valence-corrected chi connectivity index (χ0v) is 12.7. The predicted octanol–water partition coefficient (Wildman–Crippen LogP) is 2.09. The Morgan fingerprint density at radius 3 is 2.71 bits per heavy atom. The number of aliphatic hydroxyl groups is 1. The zero-order chi connectivity index (χ0) is 15.2. The molecule has 0 amide bonds. The first-order chi connectivity index (χ1) is 10.1. The highest BCUT2D eigenvalue weighted by molar-refractivity contribution is 5.53. The summed E-state index contributed by atoms with van der Waals surface area (Å²) in [7, 11) is 3.52. The SMILES string of the molecule is COCC(O)CN(C)Cc1nc(-c2ccccc2)oc1C. The van der Waals surface area contributed by atoms with E-state index in [1.54, 1.807) is 7.11 Å². The average molecular weight is 290 g/mol. The molecule has 0 saturated carbocycles. The van der Waals surface area contributed by atoms with Crippen LogP contribution in [0.25, 0.3) is 11.5 Å². The monoisotopic (exact) mass is 290 g/mol. The number of aromatic nitrogens is 1. The molecule has 1 atom stereocenters. The molecule has 0 aliphatic carbocycles. The third-order valence-corrected chi connectivity index (χ3v) is 3.21. The van der Waals surface area contributed by atoms with Gasteiger partial charge >= 0.3 is 0 Å². The first-order valence-electron chi connectivity index (χ1n) is 6.97. The molecule has 0 bridgehead atoms. The van der Waals surface area contributed by atoms with E-state index in [1.807, 2.05) is 49.2 Å². The van der Waals surface area contributed by atoms with Gasteiger partial charge in [0.15, 0.2) is 0 Å². The van der Waals surface area contributed by atoms with Crippen molar-refractivity contribution in [2.75, 3.05) is 27.3 Å². The van der Waals surface area contributed by atoms with Gasteiger partial charge in [-0.15, -0.1) is 0 Å². The van der Waals surface area contributed by atoms with Gasteiger partial charge in [0.25, 0.3) is 0 Å². The van der Waals surface area contributed by atoms with Crippen molar-refractivity contribution in [2.45, 2.75) is 19.6 Å². The van der Waals surface area contributed by atoms with Gasteiger partial charge in [0.1, 0.15) is 5.76 Å². The summed E-state index contributed by atoms with van der Waals surface area (Å²) in [5, 5.41) is 9.74. The number of aryl methyl sites for hydroxylation is 1. The van der Waals surface area contributed by atoms with E-state index < -0.39 is 6.10 Å². The fourth-order valence-electron chi connectivity index (χ4n) is 2.20. The predicted molar refractivity (Wildman–Crippen MR) is 80.9 cm³/mol. The second kappa shape index (κ2) is 7.36. The Balaban J connectivity index is 2.03. The molecule has 2 aromatic rings. The van der Waals surface area contributed by atoms with Crippen LogP contribution in [0.2, 0.25) is 0 Å². The second-order valence-electron chi connectivity index (χ2n) is 5.19. The van der Waals surface area contributed by atoms with E-state index in [0.717, 1.165) is 17.0 Å². The number of hydrogen-bond acceptors (Lipinski definition) is 5. The van der Waals surface area contributed by atoms with Crippen LogP contribution in [-0.2, 0) is 11.3 Å². The van der Waals surface area contributed by atoms with Gasteiger partial charge in [0, 0.05) is 25.8 Å². The summed E-state index contributed by atoms with van der Waals surface area (Å²) < 4.78 is 10.7. The minimum absolute atomic E-state index is 0.331. The highest BCUT2D eigenvalue weighted by Crippen LogP contribution is 2.22. The van der Waals surface area contributed by atoms with Crippen LogP contribution in [0.1, 0.15) is 11.5 Å². The Morgan fingerprint density at radius 1 is 1.33 bits per heavy atom. The average Bonchev–Trinajstić information content (AvgIpc) is 2.81. The molecular weight excluding hydrogens is 268 g/mol. The van der Waals surface area contributed by atoms with Crippen molar-refractivity contribution in [2.24, 2.45) is 0 Å². The third kappa shape index (κ3) is 4.39. The molecule has 0 aliphatic heterocycles. The standard InChI is InChI=1S/C16H22N2O3/c1-12-15(10-18(2)9-14(19)11-20-3)17-16(21-12)13-7-5-4-6-8-13/h4-8,14,19H,9-11H2,1-3H3. The maximum Gasteiger partial charge on any atom is 0.226 e. The van der Waals surface area contributed by atoms with E-state index in [4.69, 9.17) is 9.15 Å². The lowest BCUT2D eigenvalue weighted by atomic mass is 10.2. The van der Waals surface area contributed by atoms with E-state index in [9.17, 15) is 5.11 Å². The van der Waals surface area contributed by atoms with Crippen LogP contribution in [0.5, 0.6) is 0 Å². The van der Waals surface area contributed by atoms with Crippen molar-refractivity contribution < 1.29 is 14.3 Å². The minimum atomic E-state index is -0.499. The molecule has 5 nitrogen and oxygen atoms in total. The smallest absolute Gasteiger partial charge is 0.226 e. The summed E-state index contributed by atoms with van der Waals surface area (Å²) in [6, 6.07) is 9.83. The van der Waals surface area contributed by atoms with Gasteiger partial charge in [-0.1, -0.05) is 18.2 Å². The number of likely N-dealkylation sites (N-methyl/N-ethyl adjacent to an activating group) is 1. The first kappa shape index (κ1) is 15.7. The Kier molecular flexibility index (Phi) is 5.50. The van der Waals surface area contributed by atoms with Gasteiger partial charge < -0.3 is 14.3 Å². The molecule has 0 spiro atoms. The van der Waals surface area contributed by atoms with Crippen LogP contribution in [0.3, 0.4) is 0 Å². The number of aliphatic hydroxyl groups excluding tert-OH is 1. The molecule has 21 heavy (non-hydrogen) atoms. The molecule has 1 aromatic carbocycles. The molecule has 1 heterocycles. The van der Waals surface area contributed by atoms with Crippen molar-refractivity contribution in [3.8, 4) is 11.5 Å². The summed E-state index contributed by atoms with van der Waals surface area (Å²) in [6.45, 7) is 3.40. The molecule has 0 radical (unpaired) electrons. The largest absolute Gasteiger partial charge is 0.441 e. The zero-order valence-electron chi connectivity index (χ0n) is 12.7. The number of oxazole rings is 1. The Labute approximate surface area is 125 Å². The number of hydrogen-bond donors (Lipinski definition) is 1. The Hall–Kier alpha value is -1.69. The third-order valence-electron chi connectivity index (χ3n) is 3.21. The molecule has 2 rings (SSSR count). The Morgan fingerprint density at radius 2 is 2.05 bits per heavy atom. The molecule has 0 saturated heterocycles. The van der Waals surface area contributed by atoms with Crippen LogP contribution < -0.4 is 0 Å². The summed E-state index contributed by atoms with van der Waals surface area (Å²) in [6.07, 6.45) is -0.499. The highest BCUT2D eigenvalue weighted by Gasteiger charge is 2.14. The normalized spacial score (nSPS) is 12.8. The summed E-state index contributed by atoms with van der Waals surface area (Å²) in [4.78, 5) is 6.56. The van der Waals surface area contributed by atoms with Crippen LogP contribution in [0.15, 0.2) is 34.7 Å². The topological polar surface area (TPSA) is 58.7 Å². The number of nitrogens with zero attached hydrogens (tertiary/aromatic N) is 2. The lowest BCUT2D eigenvalue weighted by Crippen LogP contribution is -2.31. The van der Waals surface area contributed by atoms with E-state index in [-0.39, 0.29) is 0 Å². The molecular formula is C16H22N2O3. The van der Waals surface area contributed by atoms with Gasteiger partial charge in [-0.3, -0.25) is 4.90 Å². The molecule has 0 aliphatic rings. The molecule has 1 unspecified atom stereocenters. The van der Waals surface area contributed by atoms with Crippen LogP contribution in [0.4, 0.5) is 0 Å². The molecule has 1 aromatic heterocycles. The van der Waals surface area contributed by atoms with Gasteiger partial charge in [0.2, 0.25) is 5.89 Å². The van der Waals surface area contributed by atoms with Crippen molar-refractivity contribution >= 4 is 0 Å². The number of methoxy groups -OCH3 is 1. The van der Waals surface area contributed by atoms with Crippen molar-refractivity contribution in [1.29, 1.82) is 0 Å². The lowest BCUT2D eigenvalue weighted by molar-refractivity contribution is 0.0416. The van der Waals surface area contributed by atoms with Gasteiger partial charge in [-0.05, 0) is 26.1 Å². The van der Waals surface area contributed by atoms with Crippen molar-refractivity contribution in [3.63, 3.8) is 0 Å². The molecule has 1 N–H and O–H groups in total. The maximum absolute atomic E-state index is 9.74. The molecule has 5 heteroatoms. The van der Waals surface area contributed by atoms with E-state index in [1.165, 1.54) is 0 Å². The number of rotatable bonds is 7. The first-order valence-corrected chi connectivity index (χ1v) is 6.97. The van der Waals surface area contributed by atoms with Crippen molar-refractivity contribution in [3.05, 3.63) is 41.8 Å². The number of ether oxygens (including phenoxy) is 1. The quantitative estimate of drug-likeness (QED) is 0.846. The van der Waals surface area contributed by atoms with Crippen LogP contribution >= 0.6 is 0 Å². The fraction of sp³-hybridized carbons (Fsp3) is 0.438. The van der Waals surface area contributed by atoms with Crippen LogP contribution in [-0.4, -0.2) is 48.4 Å². The van der Waals surface area contributed by atoms with E-state index in [0.29, 0.717) is 25.6 Å². The lowest BCUT2D eigenvalue weighted by Gasteiger charge is -2.19. The Bertz CT molecular complexity index is 554. The fourth-order valence-corrected chi connectivity index (χ4v) is 2.20. The van der Waals surface area contributed by atoms with Crippen LogP contribution in [0, 0.1) is 6.92 Å². The molecule has 114 valence electrons. The summed E-state index contributed by atoms with van der Waals surface area (Å²) in [5.74, 6) is 1.44. The minimum Gasteiger partial charge on any atom is -0.441 e. The van der Waals surface area contributed by atoms with E-state index in [2.05, 4.69) is 4.98 Å². The van der Waals surface area contributed by atoms with Crippen molar-refractivity contribution in [1.82, 2.24) is 9.88 Å². The van der Waals surface area contributed by atoms with E-state index >= 15 is 0 Å². The summed E-state index contributed by atoms with van der Waals surface area (Å²) >= 11 is 0. The van der Waals surface area contributed by atoms with Gasteiger partial charge in [0.05, 0.1) is 18.4 Å². The second-order valence-corrected chi connectivity index (χ2v) is 5.19. The maximum atomic E-state index is 9.74.